The fourth-order valence-corrected chi connectivity index (χ4v) is 4.51. The van der Waals surface area contributed by atoms with Crippen molar-refractivity contribution in [3.8, 4) is 0 Å². The van der Waals surface area contributed by atoms with Gasteiger partial charge < -0.3 is 10.6 Å². The number of nitrogens with zero attached hydrogens (tertiary/aromatic N) is 1. The molecule has 5 rings (SSSR count). The number of hydrogen-bond acceptors (Lipinski definition) is 6. The molecule has 1 saturated heterocycles. The zero-order valence-electron chi connectivity index (χ0n) is 16.9. The predicted octanol–water partition coefficient (Wildman–Crippen LogP) is 2.06. The molecule has 0 aromatic heterocycles. The van der Waals surface area contributed by atoms with E-state index in [1.165, 1.54) is 5.56 Å². The zero-order valence-corrected chi connectivity index (χ0v) is 16.9. The van der Waals surface area contributed by atoms with E-state index < -0.39 is 23.8 Å². The molecule has 158 valence electrons. The normalized spacial score (nSPS) is 20.1. The lowest BCUT2D eigenvalue weighted by Crippen LogP contribution is -2.54. The topological polar surface area (TPSA) is 108 Å². The number of fused-ring (bicyclic) bond motifs is 2. The molecule has 0 radical (unpaired) electrons. The largest absolute Gasteiger partial charge is 0.385 e. The smallest absolute Gasteiger partial charge is 0.262 e. The molecular formula is C23H22N4O4. The van der Waals surface area contributed by atoms with Crippen molar-refractivity contribution in [3.63, 3.8) is 0 Å². The molecule has 0 spiro atoms. The number of rotatable bonds is 4. The molecule has 4 amide bonds. The van der Waals surface area contributed by atoms with E-state index in [2.05, 4.69) is 22.0 Å². The fourth-order valence-electron chi connectivity index (χ4n) is 4.51. The summed E-state index contributed by atoms with van der Waals surface area (Å²) in [7, 11) is 0. The molecule has 3 heterocycles. The molecule has 3 aliphatic heterocycles. The molecule has 1 atom stereocenters. The fraction of sp³-hybridized carbons (Fsp3) is 0.304. The zero-order chi connectivity index (χ0) is 21.5. The van der Waals surface area contributed by atoms with Gasteiger partial charge in [-0.1, -0.05) is 12.1 Å². The third-order valence-electron chi connectivity index (χ3n) is 6.08. The minimum Gasteiger partial charge on any atom is -0.385 e. The van der Waals surface area contributed by atoms with Crippen LogP contribution >= 0.6 is 0 Å². The monoisotopic (exact) mass is 418 g/mol. The van der Waals surface area contributed by atoms with Gasteiger partial charge in [0.15, 0.2) is 0 Å². The molecule has 1 unspecified atom stereocenters. The highest BCUT2D eigenvalue weighted by Gasteiger charge is 2.45. The van der Waals surface area contributed by atoms with Crippen LogP contribution in [-0.2, 0) is 22.6 Å². The van der Waals surface area contributed by atoms with Crippen LogP contribution in [0.4, 0.5) is 11.4 Å². The van der Waals surface area contributed by atoms with E-state index in [-0.39, 0.29) is 18.7 Å². The van der Waals surface area contributed by atoms with Crippen LogP contribution in [0, 0.1) is 0 Å². The second-order valence-corrected chi connectivity index (χ2v) is 8.04. The summed E-state index contributed by atoms with van der Waals surface area (Å²) in [5.74, 6) is -1.96. The highest BCUT2D eigenvalue weighted by Crippen LogP contribution is 2.31. The SMILES string of the molecule is O=C1CCC(N2C(=O)c3cccc(CNc4ccc5c(c4)CCCN5)c3C2=O)C(=O)N1. The summed E-state index contributed by atoms with van der Waals surface area (Å²) in [5.41, 5.74) is 4.66. The van der Waals surface area contributed by atoms with Gasteiger partial charge in [-0.25, -0.2) is 0 Å². The second kappa shape index (κ2) is 7.54. The van der Waals surface area contributed by atoms with Gasteiger partial charge in [-0.15, -0.1) is 0 Å². The molecule has 2 aromatic rings. The van der Waals surface area contributed by atoms with Gasteiger partial charge in [-0.2, -0.15) is 0 Å². The van der Waals surface area contributed by atoms with E-state index in [0.717, 1.165) is 35.7 Å². The maximum absolute atomic E-state index is 13.2. The first-order chi connectivity index (χ1) is 15.0. The quantitative estimate of drug-likeness (QED) is 0.656. The number of imide groups is 2. The van der Waals surface area contributed by atoms with Gasteiger partial charge in [0, 0.05) is 30.9 Å². The summed E-state index contributed by atoms with van der Waals surface area (Å²) < 4.78 is 0. The van der Waals surface area contributed by atoms with E-state index >= 15 is 0 Å². The minimum atomic E-state index is -0.959. The average Bonchev–Trinajstić information content (AvgIpc) is 3.03. The molecule has 3 N–H and O–H groups in total. The Bertz CT molecular complexity index is 1130. The average molecular weight is 418 g/mol. The summed E-state index contributed by atoms with van der Waals surface area (Å²) >= 11 is 0. The minimum absolute atomic E-state index is 0.103. The van der Waals surface area contributed by atoms with Gasteiger partial charge in [0.1, 0.15) is 6.04 Å². The second-order valence-electron chi connectivity index (χ2n) is 8.04. The molecule has 1 fully saturated rings. The highest BCUT2D eigenvalue weighted by atomic mass is 16.2. The molecule has 8 nitrogen and oxygen atoms in total. The Morgan fingerprint density at radius 1 is 1.03 bits per heavy atom. The molecule has 0 bridgehead atoms. The molecule has 0 saturated carbocycles. The Morgan fingerprint density at radius 3 is 2.74 bits per heavy atom. The number of benzene rings is 2. The Hall–Kier alpha value is -3.68. The van der Waals surface area contributed by atoms with E-state index in [1.54, 1.807) is 12.1 Å². The lowest BCUT2D eigenvalue weighted by atomic mass is 10.0. The standard InChI is InChI=1S/C23H22N4O4/c28-19-9-8-18(21(29)26-19)27-22(30)16-5-1-3-14(20(16)23(27)31)12-25-15-6-7-17-13(11-15)4-2-10-24-17/h1,3,5-7,11,18,24-25H,2,4,8-10,12H2,(H,26,28,29). The van der Waals surface area contributed by atoms with E-state index in [4.69, 9.17) is 0 Å². The van der Waals surface area contributed by atoms with Crippen molar-refractivity contribution >= 4 is 35.0 Å². The maximum Gasteiger partial charge on any atom is 0.262 e. The lowest BCUT2D eigenvalue weighted by molar-refractivity contribution is -0.136. The van der Waals surface area contributed by atoms with E-state index in [1.807, 2.05) is 18.2 Å². The first-order valence-electron chi connectivity index (χ1n) is 10.5. The van der Waals surface area contributed by atoms with Crippen LogP contribution in [0.3, 0.4) is 0 Å². The summed E-state index contributed by atoms with van der Waals surface area (Å²) in [6, 6.07) is 10.3. The number of piperidine rings is 1. The number of anilines is 2. The number of aryl methyl sites for hydroxylation is 1. The van der Waals surface area contributed by atoms with Crippen molar-refractivity contribution in [1.29, 1.82) is 0 Å². The Balaban J connectivity index is 1.38. The van der Waals surface area contributed by atoms with Crippen LogP contribution in [0.5, 0.6) is 0 Å². The molecule has 3 aliphatic rings. The lowest BCUT2D eigenvalue weighted by Gasteiger charge is -2.27. The van der Waals surface area contributed by atoms with Crippen LogP contribution in [0.15, 0.2) is 36.4 Å². The van der Waals surface area contributed by atoms with Gasteiger partial charge >= 0.3 is 0 Å². The number of amides is 4. The Morgan fingerprint density at radius 2 is 1.90 bits per heavy atom. The van der Waals surface area contributed by atoms with Crippen molar-refractivity contribution in [2.24, 2.45) is 0 Å². The Labute approximate surface area is 179 Å². The van der Waals surface area contributed by atoms with Crippen molar-refractivity contribution < 1.29 is 19.2 Å². The third kappa shape index (κ3) is 3.34. The van der Waals surface area contributed by atoms with Gasteiger partial charge in [-0.3, -0.25) is 29.4 Å². The van der Waals surface area contributed by atoms with Crippen molar-refractivity contribution in [3.05, 3.63) is 58.7 Å². The van der Waals surface area contributed by atoms with E-state index in [0.29, 0.717) is 23.2 Å². The first kappa shape index (κ1) is 19.3. The Kier molecular flexibility index (Phi) is 4.69. The number of nitrogens with one attached hydrogen (secondary N) is 3. The maximum atomic E-state index is 13.2. The number of carbonyl (C=O) groups excluding carboxylic acids is 4. The van der Waals surface area contributed by atoms with Crippen LogP contribution in [-0.4, -0.2) is 41.1 Å². The summed E-state index contributed by atoms with van der Waals surface area (Å²) in [4.78, 5) is 50.8. The molecule has 0 aliphatic carbocycles. The van der Waals surface area contributed by atoms with Gasteiger partial charge in [0.2, 0.25) is 11.8 Å². The van der Waals surface area contributed by atoms with Gasteiger partial charge in [0.05, 0.1) is 11.1 Å². The molecule has 8 heteroatoms. The molecular weight excluding hydrogens is 396 g/mol. The summed E-state index contributed by atoms with van der Waals surface area (Å²) in [6.45, 7) is 1.35. The van der Waals surface area contributed by atoms with Crippen molar-refractivity contribution in [2.45, 2.75) is 38.3 Å². The number of carbonyl (C=O) groups is 4. The molecule has 2 aromatic carbocycles. The van der Waals surface area contributed by atoms with Crippen LogP contribution in [0.1, 0.15) is 51.1 Å². The number of hydrogen-bond donors (Lipinski definition) is 3. The van der Waals surface area contributed by atoms with Crippen LogP contribution in [0.25, 0.3) is 0 Å². The molecule has 31 heavy (non-hydrogen) atoms. The van der Waals surface area contributed by atoms with Crippen LogP contribution < -0.4 is 16.0 Å². The third-order valence-corrected chi connectivity index (χ3v) is 6.08. The highest BCUT2D eigenvalue weighted by molar-refractivity contribution is 6.24. The predicted molar refractivity (Wildman–Crippen MR) is 114 cm³/mol. The van der Waals surface area contributed by atoms with E-state index in [9.17, 15) is 19.2 Å². The van der Waals surface area contributed by atoms with Crippen molar-refractivity contribution in [1.82, 2.24) is 10.2 Å². The summed E-state index contributed by atoms with van der Waals surface area (Å²) in [5, 5.41) is 8.95. The van der Waals surface area contributed by atoms with Gasteiger partial charge in [-0.05, 0) is 54.7 Å². The van der Waals surface area contributed by atoms with Gasteiger partial charge in [0.25, 0.3) is 11.8 Å². The first-order valence-corrected chi connectivity index (χ1v) is 10.5. The summed E-state index contributed by atoms with van der Waals surface area (Å²) in [6.07, 6.45) is 2.36. The van der Waals surface area contributed by atoms with Crippen LogP contribution in [0.2, 0.25) is 0 Å². The van der Waals surface area contributed by atoms with Crippen molar-refractivity contribution in [2.75, 3.05) is 17.2 Å².